The highest BCUT2D eigenvalue weighted by Crippen LogP contribution is 2.25. The molecule has 2 aromatic rings. The van der Waals surface area contributed by atoms with Crippen molar-refractivity contribution in [2.75, 3.05) is 11.5 Å². The third-order valence-corrected chi connectivity index (χ3v) is 2.25. The first-order chi connectivity index (χ1) is 8.15. The van der Waals surface area contributed by atoms with Crippen LogP contribution in [0.3, 0.4) is 0 Å². The maximum atomic E-state index is 5.73. The summed E-state index contributed by atoms with van der Waals surface area (Å²) in [6.45, 7) is 0. The number of nitrogen functional groups attached to an aromatic ring is 2. The van der Waals surface area contributed by atoms with Gasteiger partial charge in [-0.1, -0.05) is 11.6 Å². The lowest BCUT2D eigenvalue weighted by molar-refractivity contribution is 1.16. The number of anilines is 2. The summed E-state index contributed by atoms with van der Waals surface area (Å²) in [4.78, 5) is 3.98. The molecule has 0 bridgehead atoms. The summed E-state index contributed by atoms with van der Waals surface area (Å²) in [6.07, 6.45) is 1.50. The zero-order chi connectivity index (χ0) is 12.3. The highest BCUT2D eigenvalue weighted by molar-refractivity contribution is 6.30. The van der Waals surface area contributed by atoms with Gasteiger partial charge in [0.05, 0.1) is 10.7 Å². The highest BCUT2D eigenvalue weighted by Gasteiger charge is 1.98. The average Bonchev–Trinajstić information content (AvgIpc) is 2.30. The molecule has 1 aromatic heterocycles. The molecule has 0 unspecified atom stereocenters. The smallest absolute Gasteiger partial charge is 0.174 e. The van der Waals surface area contributed by atoms with Crippen molar-refractivity contribution in [3.63, 3.8) is 0 Å². The number of benzene rings is 1. The largest absolute Gasteiger partial charge is 0.399 e. The standard InChI is InChI=1S/C11H10ClN5/c12-7-1-4-11(15-6-7)17-16-10-3-2-8(13)5-9(10)14/h1-6H,13-14H2. The number of hydrogen-bond acceptors (Lipinski definition) is 5. The first-order valence-corrected chi connectivity index (χ1v) is 5.21. The molecule has 86 valence electrons. The second-order valence-electron chi connectivity index (χ2n) is 3.35. The lowest BCUT2D eigenvalue weighted by atomic mass is 10.2. The molecule has 0 amide bonds. The summed E-state index contributed by atoms with van der Waals surface area (Å²) < 4.78 is 0. The topological polar surface area (TPSA) is 89.6 Å². The molecule has 0 fully saturated rings. The van der Waals surface area contributed by atoms with Gasteiger partial charge in [0.1, 0.15) is 5.69 Å². The number of rotatable bonds is 2. The van der Waals surface area contributed by atoms with Crippen LogP contribution in [0.15, 0.2) is 46.8 Å². The van der Waals surface area contributed by atoms with E-state index in [2.05, 4.69) is 15.2 Å². The molecule has 0 spiro atoms. The predicted octanol–water partition coefficient (Wildman–Crippen LogP) is 3.31. The minimum Gasteiger partial charge on any atom is -0.399 e. The van der Waals surface area contributed by atoms with Crippen molar-refractivity contribution in [2.24, 2.45) is 10.2 Å². The SMILES string of the molecule is Nc1ccc(N=Nc2ccc(Cl)cn2)c(N)c1. The van der Waals surface area contributed by atoms with Crippen molar-refractivity contribution < 1.29 is 0 Å². The van der Waals surface area contributed by atoms with Crippen LogP contribution in [0.5, 0.6) is 0 Å². The summed E-state index contributed by atoms with van der Waals surface area (Å²) in [5.41, 5.74) is 12.9. The second kappa shape index (κ2) is 4.80. The minimum absolute atomic E-state index is 0.464. The third-order valence-electron chi connectivity index (χ3n) is 2.02. The molecule has 0 aliphatic heterocycles. The minimum atomic E-state index is 0.464. The molecule has 6 heteroatoms. The van der Waals surface area contributed by atoms with Crippen LogP contribution in [-0.2, 0) is 0 Å². The summed E-state index contributed by atoms with van der Waals surface area (Å²) in [5.74, 6) is 0.464. The van der Waals surface area contributed by atoms with Crippen LogP contribution in [0.2, 0.25) is 5.02 Å². The predicted molar refractivity (Wildman–Crippen MR) is 68.7 cm³/mol. The van der Waals surface area contributed by atoms with Crippen molar-refractivity contribution >= 4 is 34.5 Å². The Labute approximate surface area is 103 Å². The Hall–Kier alpha value is -2.14. The van der Waals surface area contributed by atoms with Crippen LogP contribution in [-0.4, -0.2) is 4.98 Å². The van der Waals surface area contributed by atoms with E-state index in [9.17, 15) is 0 Å². The zero-order valence-corrected chi connectivity index (χ0v) is 9.59. The van der Waals surface area contributed by atoms with Gasteiger partial charge < -0.3 is 11.5 Å². The molecule has 0 radical (unpaired) electrons. The van der Waals surface area contributed by atoms with Gasteiger partial charge in [-0.3, -0.25) is 0 Å². The number of aromatic nitrogens is 1. The molecule has 1 heterocycles. The maximum absolute atomic E-state index is 5.73. The Morgan fingerprint density at radius 2 is 1.88 bits per heavy atom. The molecule has 5 nitrogen and oxygen atoms in total. The highest BCUT2D eigenvalue weighted by atomic mass is 35.5. The normalized spacial score (nSPS) is 10.9. The lowest BCUT2D eigenvalue weighted by Crippen LogP contribution is -1.89. The molecule has 1 aromatic carbocycles. The van der Waals surface area contributed by atoms with Crippen molar-refractivity contribution in [3.8, 4) is 0 Å². The molecule has 0 atom stereocenters. The van der Waals surface area contributed by atoms with Gasteiger partial charge in [0.2, 0.25) is 0 Å². The monoisotopic (exact) mass is 247 g/mol. The maximum Gasteiger partial charge on any atom is 0.174 e. The Morgan fingerprint density at radius 3 is 2.53 bits per heavy atom. The van der Waals surface area contributed by atoms with Crippen molar-refractivity contribution in [1.82, 2.24) is 4.98 Å². The number of azo groups is 1. The van der Waals surface area contributed by atoms with E-state index in [1.165, 1.54) is 6.20 Å². The van der Waals surface area contributed by atoms with Crippen molar-refractivity contribution in [1.29, 1.82) is 0 Å². The number of nitrogens with two attached hydrogens (primary N) is 2. The fourth-order valence-corrected chi connectivity index (χ4v) is 1.31. The fourth-order valence-electron chi connectivity index (χ4n) is 1.20. The van der Waals surface area contributed by atoms with E-state index >= 15 is 0 Å². The Bertz CT molecular complexity index is 550. The quantitative estimate of drug-likeness (QED) is 0.630. The fraction of sp³-hybridized carbons (Fsp3) is 0. The lowest BCUT2D eigenvalue weighted by Gasteiger charge is -1.99. The van der Waals surface area contributed by atoms with Gasteiger partial charge in [0.15, 0.2) is 5.82 Å². The molecule has 0 saturated carbocycles. The van der Waals surface area contributed by atoms with E-state index in [4.69, 9.17) is 23.1 Å². The van der Waals surface area contributed by atoms with E-state index in [0.29, 0.717) is 27.9 Å². The average molecular weight is 248 g/mol. The number of hydrogen-bond donors (Lipinski definition) is 2. The van der Waals surface area contributed by atoms with Crippen LogP contribution in [0, 0.1) is 0 Å². The van der Waals surface area contributed by atoms with Gasteiger partial charge in [0, 0.05) is 11.9 Å². The van der Waals surface area contributed by atoms with Crippen LogP contribution in [0.25, 0.3) is 0 Å². The molecular formula is C11H10ClN5. The van der Waals surface area contributed by atoms with E-state index in [-0.39, 0.29) is 0 Å². The molecule has 2 rings (SSSR count). The van der Waals surface area contributed by atoms with Gasteiger partial charge in [0.25, 0.3) is 0 Å². The van der Waals surface area contributed by atoms with Crippen LogP contribution in [0.1, 0.15) is 0 Å². The molecule has 17 heavy (non-hydrogen) atoms. The van der Waals surface area contributed by atoms with Crippen LogP contribution in [0.4, 0.5) is 22.9 Å². The first kappa shape index (κ1) is 11.3. The summed E-state index contributed by atoms with van der Waals surface area (Å²) >= 11 is 5.70. The first-order valence-electron chi connectivity index (χ1n) is 4.83. The van der Waals surface area contributed by atoms with Gasteiger partial charge in [-0.15, -0.1) is 10.2 Å². The van der Waals surface area contributed by atoms with Crippen LogP contribution < -0.4 is 11.5 Å². The van der Waals surface area contributed by atoms with E-state index in [0.717, 1.165) is 0 Å². The number of pyridine rings is 1. The molecular weight excluding hydrogens is 238 g/mol. The number of nitrogens with zero attached hydrogens (tertiary/aromatic N) is 3. The molecule has 0 aliphatic carbocycles. The third kappa shape index (κ3) is 2.92. The van der Waals surface area contributed by atoms with Crippen molar-refractivity contribution in [2.45, 2.75) is 0 Å². The molecule has 0 aliphatic rings. The van der Waals surface area contributed by atoms with Crippen LogP contribution >= 0.6 is 11.6 Å². The summed E-state index contributed by atoms with van der Waals surface area (Å²) in [5, 5.41) is 8.48. The van der Waals surface area contributed by atoms with Gasteiger partial charge in [-0.25, -0.2) is 4.98 Å². The molecule has 0 saturated heterocycles. The van der Waals surface area contributed by atoms with E-state index in [1.54, 1.807) is 30.3 Å². The Balaban J connectivity index is 2.23. The Morgan fingerprint density at radius 1 is 1.06 bits per heavy atom. The van der Waals surface area contributed by atoms with Gasteiger partial charge in [-0.05, 0) is 30.3 Å². The number of halogens is 1. The van der Waals surface area contributed by atoms with Crippen molar-refractivity contribution in [3.05, 3.63) is 41.6 Å². The summed E-state index contributed by atoms with van der Waals surface area (Å²) in [6, 6.07) is 8.39. The van der Waals surface area contributed by atoms with Gasteiger partial charge >= 0.3 is 0 Å². The Kier molecular flexibility index (Phi) is 3.20. The van der Waals surface area contributed by atoms with E-state index in [1.807, 2.05) is 0 Å². The zero-order valence-electron chi connectivity index (χ0n) is 8.84. The summed E-state index contributed by atoms with van der Waals surface area (Å²) in [7, 11) is 0. The second-order valence-corrected chi connectivity index (χ2v) is 3.79. The molecule has 4 N–H and O–H groups in total. The van der Waals surface area contributed by atoms with E-state index < -0.39 is 0 Å². The van der Waals surface area contributed by atoms with Gasteiger partial charge in [-0.2, -0.15) is 0 Å².